The number of halogens is 1. The van der Waals surface area contributed by atoms with Gasteiger partial charge in [0.25, 0.3) is 0 Å². The minimum Gasteiger partial charge on any atom is -0.297 e. The molecule has 2 aromatic heterocycles. The van der Waals surface area contributed by atoms with Crippen LogP contribution in [0.4, 0.5) is 4.39 Å². The van der Waals surface area contributed by atoms with E-state index >= 15 is 0 Å². The summed E-state index contributed by atoms with van der Waals surface area (Å²) in [6.07, 6.45) is 3.38. The second-order valence-electron chi connectivity index (χ2n) is 2.67. The van der Waals surface area contributed by atoms with Crippen molar-refractivity contribution in [3.8, 4) is 11.1 Å². The van der Waals surface area contributed by atoms with Crippen molar-refractivity contribution in [3.63, 3.8) is 0 Å². The van der Waals surface area contributed by atoms with Gasteiger partial charge in [0.2, 0.25) is 0 Å². The van der Waals surface area contributed by atoms with Gasteiger partial charge in [-0.15, -0.1) is 11.3 Å². The van der Waals surface area contributed by atoms with Gasteiger partial charge in [0.15, 0.2) is 6.29 Å². The zero-order chi connectivity index (χ0) is 9.97. The van der Waals surface area contributed by atoms with E-state index in [2.05, 4.69) is 4.98 Å². The molecule has 14 heavy (non-hydrogen) atoms. The molecule has 0 aliphatic rings. The molecule has 0 fully saturated rings. The van der Waals surface area contributed by atoms with Crippen molar-refractivity contribution < 1.29 is 9.18 Å². The molecule has 2 aromatic rings. The predicted octanol–water partition coefficient (Wildman–Crippen LogP) is 2.76. The fourth-order valence-corrected chi connectivity index (χ4v) is 1.94. The van der Waals surface area contributed by atoms with E-state index in [1.165, 1.54) is 17.5 Å². The maximum atomic E-state index is 13.3. The average molecular weight is 207 g/mol. The molecule has 2 rings (SSSR count). The van der Waals surface area contributed by atoms with E-state index in [9.17, 15) is 9.18 Å². The van der Waals surface area contributed by atoms with Gasteiger partial charge in [-0.2, -0.15) is 0 Å². The molecule has 4 heteroatoms. The number of rotatable bonds is 2. The highest BCUT2D eigenvalue weighted by atomic mass is 32.1. The van der Waals surface area contributed by atoms with Crippen LogP contribution in [0.1, 0.15) is 9.67 Å². The molecule has 2 nitrogen and oxygen atoms in total. The second kappa shape index (κ2) is 3.67. The Morgan fingerprint density at radius 3 is 2.93 bits per heavy atom. The highest BCUT2D eigenvalue weighted by Crippen LogP contribution is 2.28. The van der Waals surface area contributed by atoms with Crippen molar-refractivity contribution in [3.05, 3.63) is 40.6 Å². The van der Waals surface area contributed by atoms with Crippen LogP contribution < -0.4 is 0 Å². The maximum absolute atomic E-state index is 13.3. The first-order chi connectivity index (χ1) is 6.83. The highest BCUT2D eigenvalue weighted by Gasteiger charge is 2.09. The first kappa shape index (κ1) is 9.02. The second-order valence-corrected chi connectivity index (χ2v) is 3.62. The summed E-state index contributed by atoms with van der Waals surface area (Å²) >= 11 is 1.30. The minimum absolute atomic E-state index is 0.408. The first-order valence-electron chi connectivity index (χ1n) is 3.95. The molecule has 0 saturated carbocycles. The van der Waals surface area contributed by atoms with Crippen LogP contribution in [0.5, 0.6) is 0 Å². The molecule has 0 amide bonds. The summed E-state index contributed by atoms with van der Waals surface area (Å²) in [5, 5.41) is 1.76. The van der Waals surface area contributed by atoms with Crippen molar-refractivity contribution in [1.29, 1.82) is 0 Å². The Morgan fingerprint density at radius 2 is 2.21 bits per heavy atom. The quantitative estimate of drug-likeness (QED) is 0.709. The molecular weight excluding hydrogens is 201 g/mol. The number of aldehydes is 1. The third-order valence-electron chi connectivity index (χ3n) is 1.86. The largest absolute Gasteiger partial charge is 0.297 e. The summed E-state index contributed by atoms with van der Waals surface area (Å²) in [7, 11) is 0. The molecule has 0 saturated heterocycles. The Hall–Kier alpha value is -1.55. The van der Waals surface area contributed by atoms with Crippen molar-refractivity contribution in [2.24, 2.45) is 0 Å². The molecule has 0 spiro atoms. The molecular formula is C10H6FNOS. The van der Waals surface area contributed by atoms with Crippen LogP contribution in [-0.2, 0) is 0 Å². The number of pyridine rings is 1. The Bertz CT molecular complexity index is 467. The van der Waals surface area contributed by atoms with E-state index in [4.69, 9.17) is 0 Å². The standard InChI is InChI=1S/C10H6FNOS/c11-9-5-12-3-1-7(9)8-2-4-14-10(8)6-13/h1-6H. The summed E-state index contributed by atoms with van der Waals surface area (Å²) < 4.78 is 13.3. The molecule has 2 heterocycles. The third kappa shape index (κ3) is 1.44. The van der Waals surface area contributed by atoms with Crippen LogP contribution >= 0.6 is 11.3 Å². The lowest BCUT2D eigenvalue weighted by Gasteiger charge is -1.99. The van der Waals surface area contributed by atoms with Gasteiger partial charge in [0, 0.05) is 17.3 Å². The van der Waals surface area contributed by atoms with Crippen LogP contribution in [0, 0.1) is 5.82 Å². The van der Waals surface area contributed by atoms with Gasteiger partial charge < -0.3 is 0 Å². The van der Waals surface area contributed by atoms with Gasteiger partial charge in [0.1, 0.15) is 5.82 Å². The van der Waals surface area contributed by atoms with E-state index in [-0.39, 0.29) is 0 Å². The Balaban J connectivity index is 2.60. The van der Waals surface area contributed by atoms with Crippen LogP contribution in [0.2, 0.25) is 0 Å². The van der Waals surface area contributed by atoms with Crippen LogP contribution in [0.3, 0.4) is 0 Å². The lowest BCUT2D eigenvalue weighted by molar-refractivity contribution is 0.112. The highest BCUT2D eigenvalue weighted by molar-refractivity contribution is 7.12. The molecule has 0 N–H and O–H groups in total. The fraction of sp³-hybridized carbons (Fsp3) is 0. The van der Waals surface area contributed by atoms with Crippen molar-refractivity contribution in [2.45, 2.75) is 0 Å². The summed E-state index contributed by atoms with van der Waals surface area (Å²) in [5.41, 5.74) is 1.05. The Morgan fingerprint density at radius 1 is 1.36 bits per heavy atom. The monoisotopic (exact) mass is 207 g/mol. The number of carbonyl (C=O) groups is 1. The fourth-order valence-electron chi connectivity index (χ4n) is 1.23. The molecule has 70 valence electrons. The van der Waals surface area contributed by atoms with Crippen LogP contribution in [-0.4, -0.2) is 11.3 Å². The molecule has 0 unspecified atom stereocenters. The van der Waals surface area contributed by atoms with Crippen molar-refractivity contribution in [2.75, 3.05) is 0 Å². The van der Waals surface area contributed by atoms with Crippen LogP contribution in [0.15, 0.2) is 29.9 Å². The molecule has 0 atom stereocenters. The van der Waals surface area contributed by atoms with E-state index in [1.54, 1.807) is 17.5 Å². The average Bonchev–Trinajstić information content (AvgIpc) is 2.66. The summed E-state index contributed by atoms with van der Waals surface area (Å²) in [4.78, 5) is 14.8. The van der Waals surface area contributed by atoms with Gasteiger partial charge in [-0.1, -0.05) is 0 Å². The summed E-state index contributed by atoms with van der Waals surface area (Å²) in [6.45, 7) is 0. The molecule has 0 aromatic carbocycles. The Kier molecular flexibility index (Phi) is 2.37. The number of carbonyl (C=O) groups excluding carboxylic acids is 1. The number of nitrogens with zero attached hydrogens (tertiary/aromatic N) is 1. The molecule has 0 bridgehead atoms. The topological polar surface area (TPSA) is 30.0 Å². The first-order valence-corrected chi connectivity index (χ1v) is 4.83. The number of hydrogen-bond donors (Lipinski definition) is 0. The van der Waals surface area contributed by atoms with Crippen molar-refractivity contribution >= 4 is 17.6 Å². The summed E-state index contributed by atoms with van der Waals surface area (Å²) in [5.74, 6) is -0.408. The van der Waals surface area contributed by atoms with Gasteiger partial charge in [-0.25, -0.2) is 4.39 Å². The molecule has 0 radical (unpaired) electrons. The van der Waals surface area contributed by atoms with E-state index in [1.807, 2.05) is 0 Å². The normalized spacial score (nSPS) is 10.1. The zero-order valence-corrected chi connectivity index (χ0v) is 7.92. The summed E-state index contributed by atoms with van der Waals surface area (Å²) in [6, 6.07) is 3.29. The van der Waals surface area contributed by atoms with Gasteiger partial charge >= 0.3 is 0 Å². The van der Waals surface area contributed by atoms with E-state index < -0.39 is 5.82 Å². The predicted molar refractivity (Wildman–Crippen MR) is 52.9 cm³/mol. The Labute approximate surface area is 84.0 Å². The van der Waals surface area contributed by atoms with E-state index in [0.29, 0.717) is 16.0 Å². The van der Waals surface area contributed by atoms with Gasteiger partial charge in [0.05, 0.1) is 11.1 Å². The van der Waals surface area contributed by atoms with E-state index in [0.717, 1.165) is 12.5 Å². The SMILES string of the molecule is O=Cc1sccc1-c1ccncc1F. The van der Waals surface area contributed by atoms with Gasteiger partial charge in [-0.3, -0.25) is 9.78 Å². The van der Waals surface area contributed by atoms with Gasteiger partial charge in [-0.05, 0) is 17.5 Å². The molecule has 0 aliphatic carbocycles. The lowest BCUT2D eigenvalue weighted by Crippen LogP contribution is -1.86. The third-order valence-corrected chi connectivity index (χ3v) is 2.71. The number of hydrogen-bond acceptors (Lipinski definition) is 3. The lowest BCUT2D eigenvalue weighted by atomic mass is 10.1. The zero-order valence-electron chi connectivity index (χ0n) is 7.11. The number of aromatic nitrogens is 1. The maximum Gasteiger partial charge on any atom is 0.160 e. The molecule has 0 aliphatic heterocycles. The smallest absolute Gasteiger partial charge is 0.160 e. The minimum atomic E-state index is -0.408. The van der Waals surface area contributed by atoms with Crippen molar-refractivity contribution in [1.82, 2.24) is 4.98 Å². The number of thiophene rings is 1. The van der Waals surface area contributed by atoms with Crippen LogP contribution in [0.25, 0.3) is 11.1 Å².